The largest absolute Gasteiger partial charge is 0.508 e. The average Bonchev–Trinajstić information content (AvgIpc) is 3.33. The fraction of sp³-hybridized carbons (Fsp3) is 0.100. The van der Waals surface area contributed by atoms with Crippen molar-refractivity contribution in [1.29, 1.82) is 0 Å². The molecule has 2 heterocycles. The van der Waals surface area contributed by atoms with E-state index in [2.05, 4.69) is 5.10 Å². The molecule has 2 aromatic carbocycles. The predicted molar refractivity (Wildman–Crippen MR) is 93.3 cm³/mol. The second-order valence-electron chi connectivity index (χ2n) is 5.85. The number of furan rings is 1. The quantitative estimate of drug-likeness (QED) is 0.789. The average molecular weight is 332 g/mol. The van der Waals surface area contributed by atoms with Gasteiger partial charge in [-0.2, -0.15) is 5.10 Å². The summed E-state index contributed by atoms with van der Waals surface area (Å²) in [5, 5.41) is 15.6. The molecule has 5 nitrogen and oxygen atoms in total. The summed E-state index contributed by atoms with van der Waals surface area (Å²) < 4.78 is 5.25. The first-order valence-electron chi connectivity index (χ1n) is 8.01. The third-order valence-corrected chi connectivity index (χ3v) is 4.24. The zero-order chi connectivity index (χ0) is 17.2. The number of hydrogen-bond acceptors (Lipinski definition) is 4. The van der Waals surface area contributed by atoms with Crippen LogP contribution in [0, 0.1) is 0 Å². The molecule has 1 N–H and O–H groups in total. The molecule has 0 fully saturated rings. The minimum atomic E-state index is -0.283. The Bertz CT molecular complexity index is 900. The number of hydrogen-bond donors (Lipinski definition) is 1. The molecule has 0 aliphatic carbocycles. The summed E-state index contributed by atoms with van der Waals surface area (Å²) in [6, 6.07) is 19.7. The van der Waals surface area contributed by atoms with Crippen molar-refractivity contribution in [3.05, 3.63) is 89.9 Å². The number of rotatable bonds is 3. The number of aromatic hydroxyl groups is 1. The summed E-state index contributed by atoms with van der Waals surface area (Å²) >= 11 is 0. The van der Waals surface area contributed by atoms with Gasteiger partial charge in [-0.25, -0.2) is 5.01 Å². The van der Waals surface area contributed by atoms with E-state index in [0.29, 0.717) is 6.42 Å². The highest BCUT2D eigenvalue weighted by Crippen LogP contribution is 2.34. The Morgan fingerprint density at radius 1 is 1.04 bits per heavy atom. The minimum absolute atomic E-state index is 0.190. The van der Waals surface area contributed by atoms with Crippen molar-refractivity contribution in [3.8, 4) is 5.75 Å². The molecule has 5 heteroatoms. The van der Waals surface area contributed by atoms with Crippen LogP contribution in [0.1, 0.15) is 34.1 Å². The Labute approximate surface area is 144 Å². The van der Waals surface area contributed by atoms with Gasteiger partial charge in [0.25, 0.3) is 0 Å². The highest BCUT2D eigenvalue weighted by molar-refractivity contribution is 6.04. The number of amides is 1. The fourth-order valence-electron chi connectivity index (χ4n) is 2.97. The van der Waals surface area contributed by atoms with Crippen LogP contribution in [0.3, 0.4) is 0 Å². The van der Waals surface area contributed by atoms with Gasteiger partial charge in [-0.15, -0.1) is 0 Å². The van der Waals surface area contributed by atoms with Crippen molar-refractivity contribution in [1.82, 2.24) is 5.01 Å². The Balaban J connectivity index is 1.72. The molecule has 0 saturated heterocycles. The fourth-order valence-corrected chi connectivity index (χ4v) is 2.97. The number of benzene rings is 2. The number of carbonyl (C=O) groups excluding carboxylic acids is 1. The third kappa shape index (κ3) is 2.92. The van der Waals surface area contributed by atoms with Crippen LogP contribution in [-0.2, 0) is 0 Å². The van der Waals surface area contributed by atoms with E-state index in [1.807, 2.05) is 42.5 Å². The predicted octanol–water partition coefficient (Wildman–Crippen LogP) is 3.98. The Morgan fingerprint density at radius 3 is 2.48 bits per heavy atom. The Hall–Kier alpha value is -3.34. The molecule has 3 aromatic rings. The molecule has 4 rings (SSSR count). The summed E-state index contributed by atoms with van der Waals surface area (Å²) in [6.45, 7) is 0. The zero-order valence-electron chi connectivity index (χ0n) is 13.4. The molecule has 124 valence electrons. The molecule has 0 saturated carbocycles. The molecule has 1 aromatic heterocycles. The summed E-state index contributed by atoms with van der Waals surface area (Å²) in [7, 11) is 0. The summed E-state index contributed by atoms with van der Waals surface area (Å²) in [4.78, 5) is 12.8. The van der Waals surface area contributed by atoms with Gasteiger partial charge in [0.15, 0.2) is 5.76 Å². The number of phenolic OH excluding ortho intramolecular Hbond substituents is 1. The molecule has 25 heavy (non-hydrogen) atoms. The first-order chi connectivity index (χ1) is 12.2. The highest BCUT2D eigenvalue weighted by atomic mass is 16.3. The van der Waals surface area contributed by atoms with Gasteiger partial charge in [0.2, 0.25) is 0 Å². The maximum atomic E-state index is 12.8. The lowest BCUT2D eigenvalue weighted by atomic mass is 9.98. The SMILES string of the molecule is O=C(c1ccco1)N1N=C(c2ccccc2)C[C@H]1c1ccc(O)cc1. The van der Waals surface area contributed by atoms with Gasteiger partial charge in [0, 0.05) is 6.42 Å². The van der Waals surface area contributed by atoms with E-state index in [1.165, 1.54) is 11.3 Å². The number of carbonyl (C=O) groups is 1. The van der Waals surface area contributed by atoms with E-state index in [-0.39, 0.29) is 23.5 Å². The lowest BCUT2D eigenvalue weighted by molar-refractivity contribution is 0.0678. The summed E-state index contributed by atoms with van der Waals surface area (Å²) in [5.74, 6) is 0.158. The zero-order valence-corrected chi connectivity index (χ0v) is 13.4. The number of phenols is 1. The first-order valence-corrected chi connectivity index (χ1v) is 8.01. The van der Waals surface area contributed by atoms with Gasteiger partial charge in [0.1, 0.15) is 5.75 Å². The second-order valence-corrected chi connectivity index (χ2v) is 5.85. The van der Waals surface area contributed by atoms with Crippen LogP contribution >= 0.6 is 0 Å². The normalized spacial score (nSPS) is 16.7. The van der Waals surface area contributed by atoms with Crippen molar-refractivity contribution in [3.63, 3.8) is 0 Å². The van der Waals surface area contributed by atoms with Crippen LogP contribution in [0.2, 0.25) is 0 Å². The van der Waals surface area contributed by atoms with E-state index >= 15 is 0 Å². The molecule has 0 bridgehead atoms. The standard InChI is InChI=1S/C20H16N2O3/c23-16-10-8-15(9-11-16)18-13-17(14-5-2-1-3-6-14)21-22(18)20(24)19-7-4-12-25-19/h1-12,18,23H,13H2/t18-/m0/s1. The molecule has 1 aliphatic heterocycles. The summed E-state index contributed by atoms with van der Waals surface area (Å²) in [6.07, 6.45) is 2.07. The molecular formula is C20H16N2O3. The van der Waals surface area contributed by atoms with Crippen LogP contribution in [0.25, 0.3) is 0 Å². The molecule has 0 spiro atoms. The van der Waals surface area contributed by atoms with E-state index in [4.69, 9.17) is 4.42 Å². The van der Waals surface area contributed by atoms with Gasteiger partial charge in [-0.05, 0) is 35.4 Å². The first kappa shape index (κ1) is 15.2. The van der Waals surface area contributed by atoms with Gasteiger partial charge < -0.3 is 9.52 Å². The minimum Gasteiger partial charge on any atom is -0.508 e. The second kappa shape index (κ2) is 6.28. The van der Waals surface area contributed by atoms with E-state index in [0.717, 1.165) is 16.8 Å². The van der Waals surface area contributed by atoms with Crippen LogP contribution in [0.15, 0.2) is 82.5 Å². The molecular weight excluding hydrogens is 316 g/mol. The van der Waals surface area contributed by atoms with Crippen molar-refractivity contribution in [2.45, 2.75) is 12.5 Å². The summed E-state index contributed by atoms with van der Waals surface area (Å²) in [5.41, 5.74) is 2.74. The van der Waals surface area contributed by atoms with E-state index in [1.54, 1.807) is 24.3 Å². The smallest absolute Gasteiger partial charge is 0.310 e. The molecule has 0 radical (unpaired) electrons. The van der Waals surface area contributed by atoms with Crippen LogP contribution in [0.5, 0.6) is 5.75 Å². The van der Waals surface area contributed by atoms with Gasteiger partial charge in [-0.3, -0.25) is 4.79 Å². The van der Waals surface area contributed by atoms with Crippen LogP contribution < -0.4 is 0 Å². The van der Waals surface area contributed by atoms with Gasteiger partial charge in [0.05, 0.1) is 18.0 Å². The van der Waals surface area contributed by atoms with Crippen molar-refractivity contribution >= 4 is 11.6 Å². The molecule has 1 atom stereocenters. The Morgan fingerprint density at radius 2 is 1.80 bits per heavy atom. The van der Waals surface area contributed by atoms with Crippen LogP contribution in [0.4, 0.5) is 0 Å². The lowest BCUT2D eigenvalue weighted by Gasteiger charge is -2.21. The van der Waals surface area contributed by atoms with Gasteiger partial charge in [-0.1, -0.05) is 42.5 Å². The van der Waals surface area contributed by atoms with E-state index in [9.17, 15) is 9.90 Å². The van der Waals surface area contributed by atoms with Crippen LogP contribution in [-0.4, -0.2) is 21.7 Å². The number of nitrogens with zero attached hydrogens (tertiary/aromatic N) is 2. The van der Waals surface area contributed by atoms with E-state index < -0.39 is 0 Å². The topological polar surface area (TPSA) is 66.0 Å². The molecule has 1 amide bonds. The highest BCUT2D eigenvalue weighted by Gasteiger charge is 2.34. The lowest BCUT2D eigenvalue weighted by Crippen LogP contribution is -2.26. The third-order valence-electron chi connectivity index (χ3n) is 4.24. The number of hydrazone groups is 1. The van der Waals surface area contributed by atoms with Crippen molar-refractivity contribution < 1.29 is 14.3 Å². The maximum absolute atomic E-state index is 12.8. The van der Waals surface area contributed by atoms with Crippen molar-refractivity contribution in [2.75, 3.05) is 0 Å². The Kier molecular flexibility index (Phi) is 3.82. The van der Waals surface area contributed by atoms with Crippen molar-refractivity contribution in [2.24, 2.45) is 5.10 Å². The molecule has 0 unspecified atom stereocenters. The maximum Gasteiger partial charge on any atom is 0.310 e. The molecule has 1 aliphatic rings. The van der Waals surface area contributed by atoms with Gasteiger partial charge >= 0.3 is 5.91 Å². The monoisotopic (exact) mass is 332 g/mol.